The molecule has 4 aromatic rings. The summed E-state index contributed by atoms with van der Waals surface area (Å²) in [6, 6.07) is 15.4. The number of fused-ring (bicyclic) bond motifs is 1. The SMILES string of the molecule is COCCN(C)CC1CN(c2ccc(C(F)(F)c3ccc(F)cc3)cc2)C(=O)c2c(NC(=O)c3ccc(OC)c(C#N)c3)cnn21. The third kappa shape index (κ3) is 6.44. The Balaban J connectivity index is 1.46. The summed E-state index contributed by atoms with van der Waals surface area (Å²) < 4.78 is 55.7. The third-order valence-electron chi connectivity index (χ3n) is 7.76. The van der Waals surface area contributed by atoms with E-state index in [0.29, 0.717) is 31.1 Å². The normalized spacial score (nSPS) is 14.6. The first-order chi connectivity index (χ1) is 22.1. The number of benzene rings is 3. The Kier molecular flexibility index (Phi) is 9.41. The molecule has 1 N–H and O–H groups in total. The summed E-state index contributed by atoms with van der Waals surface area (Å²) in [6.45, 7) is 1.72. The molecular formula is C33H31F3N6O4. The summed E-state index contributed by atoms with van der Waals surface area (Å²) in [6.07, 6.45) is 1.39. The van der Waals surface area contributed by atoms with Crippen molar-refractivity contribution in [2.75, 3.05) is 57.7 Å². The fraction of sp³-hybridized carbons (Fsp3) is 0.273. The summed E-state index contributed by atoms with van der Waals surface area (Å²) in [4.78, 5) is 30.7. The van der Waals surface area contributed by atoms with Crippen molar-refractivity contribution < 1.29 is 32.2 Å². The van der Waals surface area contributed by atoms with Gasteiger partial charge in [0, 0.05) is 42.6 Å². The molecule has 46 heavy (non-hydrogen) atoms. The second kappa shape index (κ2) is 13.4. The molecule has 1 aliphatic heterocycles. The van der Waals surface area contributed by atoms with Crippen LogP contribution in [0, 0.1) is 17.1 Å². The van der Waals surface area contributed by atoms with Crippen LogP contribution in [0.3, 0.4) is 0 Å². The maximum Gasteiger partial charge on any atom is 0.298 e. The summed E-state index contributed by atoms with van der Waals surface area (Å²) in [7, 11) is 4.91. The number of methoxy groups -OCH3 is 2. The van der Waals surface area contributed by atoms with Gasteiger partial charge in [-0.1, -0.05) is 12.1 Å². The molecule has 0 bridgehead atoms. The second-order valence-electron chi connectivity index (χ2n) is 10.8. The van der Waals surface area contributed by atoms with Crippen LogP contribution in [-0.2, 0) is 10.7 Å². The predicted molar refractivity (Wildman–Crippen MR) is 164 cm³/mol. The highest BCUT2D eigenvalue weighted by Crippen LogP contribution is 2.37. The molecule has 1 aromatic heterocycles. The Morgan fingerprint density at radius 2 is 1.78 bits per heavy atom. The molecule has 10 nitrogen and oxygen atoms in total. The maximum atomic E-state index is 15.2. The van der Waals surface area contributed by atoms with Crippen LogP contribution in [0.5, 0.6) is 5.75 Å². The number of nitriles is 1. The minimum Gasteiger partial charge on any atom is -0.495 e. The monoisotopic (exact) mass is 632 g/mol. The Bertz CT molecular complexity index is 1770. The second-order valence-corrected chi connectivity index (χ2v) is 10.8. The fourth-order valence-corrected chi connectivity index (χ4v) is 5.31. The molecule has 0 aliphatic carbocycles. The standard InChI is InChI=1S/C33H31F3N6O4/c1-40(14-15-45-2)19-27-20-41(26-11-7-24(8-12-26)33(35,36)23-5-9-25(34)10-6-23)32(44)30-28(18-38-42(27)30)39-31(43)21-4-13-29(46-3)22(16-21)17-37/h4-13,16,18,27H,14-15,19-20H2,1-3H3,(H,39,43). The van der Waals surface area contributed by atoms with E-state index in [9.17, 15) is 19.2 Å². The molecule has 1 aliphatic rings. The van der Waals surface area contributed by atoms with Gasteiger partial charge in [-0.15, -0.1) is 0 Å². The van der Waals surface area contributed by atoms with Gasteiger partial charge in [0.2, 0.25) is 0 Å². The predicted octanol–water partition coefficient (Wildman–Crippen LogP) is 5.07. The third-order valence-corrected chi connectivity index (χ3v) is 7.76. The van der Waals surface area contributed by atoms with Crippen molar-refractivity contribution in [3.63, 3.8) is 0 Å². The Hall–Kier alpha value is -5.19. The van der Waals surface area contributed by atoms with Gasteiger partial charge in [0.15, 0.2) is 5.69 Å². The zero-order valence-corrected chi connectivity index (χ0v) is 25.3. The van der Waals surface area contributed by atoms with E-state index in [-0.39, 0.29) is 46.2 Å². The van der Waals surface area contributed by atoms with E-state index in [2.05, 4.69) is 10.4 Å². The average molecular weight is 633 g/mol. The van der Waals surface area contributed by atoms with Crippen LogP contribution in [0.1, 0.15) is 43.6 Å². The average Bonchev–Trinajstić information content (AvgIpc) is 3.49. The zero-order chi connectivity index (χ0) is 33.0. The fourth-order valence-electron chi connectivity index (χ4n) is 5.31. The van der Waals surface area contributed by atoms with Crippen molar-refractivity contribution in [3.8, 4) is 11.8 Å². The van der Waals surface area contributed by atoms with Gasteiger partial charge in [0.25, 0.3) is 17.7 Å². The van der Waals surface area contributed by atoms with Crippen LogP contribution in [0.4, 0.5) is 24.5 Å². The maximum absolute atomic E-state index is 15.2. The number of aromatic nitrogens is 2. The first-order valence-corrected chi connectivity index (χ1v) is 14.3. The first-order valence-electron chi connectivity index (χ1n) is 14.3. The molecule has 0 spiro atoms. The van der Waals surface area contributed by atoms with Gasteiger partial charge in [-0.05, 0) is 61.6 Å². The van der Waals surface area contributed by atoms with Gasteiger partial charge in [-0.2, -0.15) is 19.1 Å². The number of carbonyl (C=O) groups is 2. The number of anilines is 2. The summed E-state index contributed by atoms with van der Waals surface area (Å²) in [5, 5.41) is 16.6. The number of hydrogen-bond acceptors (Lipinski definition) is 7. The highest BCUT2D eigenvalue weighted by molar-refractivity contribution is 6.13. The van der Waals surface area contributed by atoms with Crippen molar-refractivity contribution >= 4 is 23.2 Å². The minimum atomic E-state index is -3.40. The number of ether oxygens (including phenoxy) is 2. The van der Waals surface area contributed by atoms with Crippen molar-refractivity contribution in [2.24, 2.45) is 0 Å². The lowest BCUT2D eigenvalue weighted by Crippen LogP contribution is -2.47. The minimum absolute atomic E-state index is 0.111. The molecule has 0 saturated heterocycles. The Morgan fingerprint density at radius 1 is 1.11 bits per heavy atom. The van der Waals surface area contributed by atoms with Crippen molar-refractivity contribution in [1.29, 1.82) is 5.26 Å². The Morgan fingerprint density at radius 3 is 2.41 bits per heavy atom. The van der Waals surface area contributed by atoms with E-state index in [1.165, 1.54) is 60.7 Å². The summed E-state index contributed by atoms with van der Waals surface area (Å²) in [5.74, 6) is -4.76. The van der Waals surface area contributed by atoms with Gasteiger partial charge in [0.05, 0.1) is 43.8 Å². The van der Waals surface area contributed by atoms with E-state index in [4.69, 9.17) is 9.47 Å². The molecule has 13 heteroatoms. The quantitative estimate of drug-likeness (QED) is 0.246. The van der Waals surface area contributed by atoms with E-state index in [0.717, 1.165) is 24.3 Å². The van der Waals surface area contributed by atoms with Crippen LogP contribution < -0.4 is 15.0 Å². The summed E-state index contributed by atoms with van der Waals surface area (Å²) >= 11 is 0. The molecule has 2 amide bonds. The largest absolute Gasteiger partial charge is 0.495 e. The van der Waals surface area contributed by atoms with Crippen LogP contribution in [0.2, 0.25) is 0 Å². The van der Waals surface area contributed by atoms with Gasteiger partial charge < -0.3 is 24.6 Å². The van der Waals surface area contributed by atoms with Gasteiger partial charge in [-0.3, -0.25) is 14.3 Å². The number of nitrogens with one attached hydrogen (secondary N) is 1. The molecule has 0 fully saturated rings. The molecule has 2 heterocycles. The van der Waals surface area contributed by atoms with Gasteiger partial charge in [0.1, 0.15) is 17.6 Å². The molecule has 0 radical (unpaired) electrons. The van der Waals surface area contributed by atoms with Crippen LogP contribution in [0.25, 0.3) is 0 Å². The Labute approximate surface area is 263 Å². The van der Waals surface area contributed by atoms with E-state index in [1.54, 1.807) is 11.8 Å². The van der Waals surface area contributed by atoms with Crippen molar-refractivity contribution in [2.45, 2.75) is 12.0 Å². The van der Waals surface area contributed by atoms with Crippen LogP contribution in [0.15, 0.2) is 72.9 Å². The number of amides is 2. The number of hydrogen-bond donors (Lipinski definition) is 1. The van der Waals surface area contributed by atoms with Crippen LogP contribution >= 0.6 is 0 Å². The molecule has 5 rings (SSSR count). The summed E-state index contributed by atoms with van der Waals surface area (Å²) in [5.41, 5.74) is 0.285. The lowest BCUT2D eigenvalue weighted by atomic mass is 9.99. The lowest BCUT2D eigenvalue weighted by Gasteiger charge is -2.36. The van der Waals surface area contributed by atoms with Gasteiger partial charge in [-0.25, -0.2) is 4.39 Å². The number of likely N-dealkylation sites (N-methyl/N-ethyl adjacent to an activating group) is 1. The molecular weight excluding hydrogens is 601 g/mol. The molecule has 1 atom stereocenters. The van der Waals surface area contributed by atoms with Crippen molar-refractivity contribution in [3.05, 3.63) is 107 Å². The van der Waals surface area contributed by atoms with Crippen molar-refractivity contribution in [1.82, 2.24) is 14.7 Å². The molecule has 1 unspecified atom stereocenters. The number of nitrogens with zero attached hydrogens (tertiary/aromatic N) is 5. The first kappa shape index (κ1) is 32.2. The number of alkyl halides is 2. The lowest BCUT2D eigenvalue weighted by molar-refractivity contribution is 0.0428. The number of carbonyl (C=O) groups excluding carboxylic acids is 2. The smallest absolute Gasteiger partial charge is 0.298 e. The molecule has 3 aromatic carbocycles. The molecule has 0 saturated carbocycles. The number of rotatable bonds is 11. The van der Waals surface area contributed by atoms with E-state index < -0.39 is 23.6 Å². The van der Waals surface area contributed by atoms with E-state index in [1.807, 2.05) is 18.0 Å². The van der Waals surface area contributed by atoms with Crippen LogP contribution in [-0.4, -0.2) is 74.0 Å². The van der Waals surface area contributed by atoms with E-state index >= 15 is 8.78 Å². The highest BCUT2D eigenvalue weighted by Gasteiger charge is 2.38. The number of halogens is 3. The zero-order valence-electron chi connectivity index (χ0n) is 25.3. The van der Waals surface area contributed by atoms with Gasteiger partial charge >= 0.3 is 0 Å². The highest BCUT2D eigenvalue weighted by atomic mass is 19.3. The topological polar surface area (TPSA) is 113 Å². The molecule has 238 valence electrons.